The van der Waals surface area contributed by atoms with E-state index in [4.69, 9.17) is 0 Å². The highest BCUT2D eigenvalue weighted by atomic mass is 15.4. The molecule has 0 unspecified atom stereocenters. The van der Waals surface area contributed by atoms with Gasteiger partial charge in [0.25, 0.3) is 0 Å². The van der Waals surface area contributed by atoms with Crippen molar-refractivity contribution in [3.8, 4) is 0 Å². The minimum atomic E-state index is 0.507. The average Bonchev–Trinajstić information content (AvgIpc) is 3.11. The lowest BCUT2D eigenvalue weighted by molar-refractivity contribution is 0.585. The van der Waals surface area contributed by atoms with E-state index in [1.54, 1.807) is 0 Å². The molecule has 4 heteroatoms. The molecular formula is C15H28N4. The zero-order valence-electron chi connectivity index (χ0n) is 13.0. The van der Waals surface area contributed by atoms with Crippen LogP contribution in [0.3, 0.4) is 0 Å². The van der Waals surface area contributed by atoms with Gasteiger partial charge in [-0.3, -0.25) is 4.68 Å². The quantitative estimate of drug-likeness (QED) is 0.822. The molecule has 0 aliphatic heterocycles. The largest absolute Gasteiger partial charge is 0.354 e. The van der Waals surface area contributed by atoms with Crippen LogP contribution in [0.2, 0.25) is 0 Å². The first kappa shape index (κ1) is 14.4. The van der Waals surface area contributed by atoms with Gasteiger partial charge in [0.05, 0.1) is 5.69 Å². The number of aromatic nitrogens is 2. The number of anilines is 1. The van der Waals surface area contributed by atoms with E-state index in [1.165, 1.54) is 30.6 Å². The lowest BCUT2D eigenvalue weighted by Gasteiger charge is -2.25. The second-order valence-corrected chi connectivity index (χ2v) is 5.97. The molecule has 108 valence electrons. The van der Waals surface area contributed by atoms with Gasteiger partial charge in [-0.2, -0.15) is 5.10 Å². The lowest BCUT2D eigenvalue weighted by Crippen LogP contribution is -2.31. The summed E-state index contributed by atoms with van der Waals surface area (Å²) in [5.41, 5.74) is 2.53. The Kier molecular flexibility index (Phi) is 4.50. The van der Waals surface area contributed by atoms with Gasteiger partial charge in [-0.1, -0.05) is 20.8 Å². The topological polar surface area (TPSA) is 33.1 Å². The third kappa shape index (κ3) is 3.30. The van der Waals surface area contributed by atoms with Crippen molar-refractivity contribution in [2.75, 3.05) is 11.4 Å². The Morgan fingerprint density at radius 3 is 2.63 bits per heavy atom. The summed E-state index contributed by atoms with van der Waals surface area (Å²) >= 11 is 0. The van der Waals surface area contributed by atoms with Crippen molar-refractivity contribution in [3.05, 3.63) is 11.3 Å². The van der Waals surface area contributed by atoms with E-state index in [0.717, 1.165) is 24.8 Å². The van der Waals surface area contributed by atoms with Crippen LogP contribution in [0, 0.1) is 6.92 Å². The summed E-state index contributed by atoms with van der Waals surface area (Å²) in [5.74, 6) is 1.33. The van der Waals surface area contributed by atoms with Crippen molar-refractivity contribution in [2.24, 2.45) is 7.05 Å². The number of aryl methyl sites for hydroxylation is 2. The molecule has 0 bridgehead atoms. The Hall–Kier alpha value is -1.03. The van der Waals surface area contributed by atoms with Crippen LogP contribution >= 0.6 is 0 Å². The van der Waals surface area contributed by atoms with Crippen molar-refractivity contribution in [3.63, 3.8) is 0 Å². The summed E-state index contributed by atoms with van der Waals surface area (Å²) in [5, 5.41) is 8.17. The monoisotopic (exact) mass is 264 g/mol. The number of hydrogen-bond acceptors (Lipinski definition) is 3. The van der Waals surface area contributed by atoms with Crippen molar-refractivity contribution in [1.82, 2.24) is 15.1 Å². The molecule has 19 heavy (non-hydrogen) atoms. The van der Waals surface area contributed by atoms with Crippen LogP contribution in [0.5, 0.6) is 0 Å². The third-order valence-electron chi connectivity index (χ3n) is 3.72. The first-order valence-corrected chi connectivity index (χ1v) is 7.57. The molecule has 4 nitrogen and oxygen atoms in total. The van der Waals surface area contributed by atoms with Gasteiger partial charge in [0, 0.05) is 37.8 Å². The molecule has 2 rings (SSSR count). The number of hydrogen-bond donors (Lipinski definition) is 1. The molecule has 0 aromatic carbocycles. The highest BCUT2D eigenvalue weighted by Crippen LogP contribution is 2.34. The zero-order valence-corrected chi connectivity index (χ0v) is 13.0. The Morgan fingerprint density at radius 2 is 2.11 bits per heavy atom. The first-order valence-electron chi connectivity index (χ1n) is 7.57. The molecule has 1 aliphatic rings. The summed E-state index contributed by atoms with van der Waals surface area (Å²) in [4.78, 5) is 2.57. The highest BCUT2D eigenvalue weighted by Gasteiger charge is 2.32. The van der Waals surface area contributed by atoms with Gasteiger partial charge in [-0.05, 0) is 26.2 Å². The first-order chi connectivity index (χ1) is 9.04. The van der Waals surface area contributed by atoms with Crippen molar-refractivity contribution < 1.29 is 0 Å². The van der Waals surface area contributed by atoms with Crippen LogP contribution in [0.25, 0.3) is 0 Å². The number of nitrogens with one attached hydrogen (secondary N) is 1. The van der Waals surface area contributed by atoms with Gasteiger partial charge in [-0.25, -0.2) is 0 Å². The molecule has 1 fully saturated rings. The van der Waals surface area contributed by atoms with Gasteiger partial charge in [0.15, 0.2) is 0 Å². The number of nitrogens with zero attached hydrogens (tertiary/aromatic N) is 3. The zero-order chi connectivity index (χ0) is 14.0. The highest BCUT2D eigenvalue weighted by molar-refractivity contribution is 5.52. The smallest absolute Gasteiger partial charge is 0.131 e. The van der Waals surface area contributed by atoms with E-state index in [1.807, 2.05) is 0 Å². The molecule has 0 radical (unpaired) electrons. The maximum Gasteiger partial charge on any atom is 0.131 e. The SMILES string of the molecule is CCCN(c1c(CNC(C)C)c(C)nn1C)C1CC1. The fourth-order valence-corrected chi connectivity index (χ4v) is 2.65. The standard InChI is InChI=1S/C15H28N4/c1-6-9-19(13-7-8-13)15-14(10-16-11(2)3)12(4)17-18(15)5/h11,13,16H,6-10H2,1-5H3. The molecule has 1 N–H and O–H groups in total. The fraction of sp³-hybridized carbons (Fsp3) is 0.800. The second kappa shape index (κ2) is 5.95. The van der Waals surface area contributed by atoms with Crippen LogP contribution in [0.15, 0.2) is 0 Å². The Bertz CT molecular complexity index is 418. The fourth-order valence-electron chi connectivity index (χ4n) is 2.65. The van der Waals surface area contributed by atoms with Crippen LogP contribution in [-0.4, -0.2) is 28.4 Å². The van der Waals surface area contributed by atoms with Crippen LogP contribution in [-0.2, 0) is 13.6 Å². The maximum atomic E-state index is 4.64. The second-order valence-electron chi connectivity index (χ2n) is 5.97. The summed E-state index contributed by atoms with van der Waals surface area (Å²) < 4.78 is 2.07. The van der Waals surface area contributed by atoms with Gasteiger partial charge in [-0.15, -0.1) is 0 Å². The molecule has 1 aliphatic carbocycles. The molecular weight excluding hydrogens is 236 g/mol. The normalized spacial score (nSPS) is 15.3. The number of rotatable bonds is 7. The molecule has 1 aromatic heterocycles. The van der Waals surface area contributed by atoms with Gasteiger partial charge >= 0.3 is 0 Å². The van der Waals surface area contributed by atoms with Gasteiger partial charge < -0.3 is 10.2 Å². The Labute approximate surface area is 117 Å². The van der Waals surface area contributed by atoms with Gasteiger partial charge in [0.1, 0.15) is 5.82 Å². The molecule has 0 amide bonds. The average molecular weight is 264 g/mol. The molecule has 0 saturated heterocycles. The van der Waals surface area contributed by atoms with Crippen LogP contribution in [0.4, 0.5) is 5.82 Å². The summed E-state index contributed by atoms with van der Waals surface area (Å²) in [6.45, 7) is 10.8. The maximum absolute atomic E-state index is 4.64. The predicted octanol–water partition coefficient (Wildman–Crippen LogP) is 2.61. The van der Waals surface area contributed by atoms with Gasteiger partial charge in [0.2, 0.25) is 0 Å². The van der Waals surface area contributed by atoms with Crippen LogP contribution < -0.4 is 10.2 Å². The van der Waals surface area contributed by atoms with E-state index < -0.39 is 0 Å². The van der Waals surface area contributed by atoms with Crippen molar-refractivity contribution in [2.45, 2.75) is 65.6 Å². The summed E-state index contributed by atoms with van der Waals surface area (Å²) in [7, 11) is 2.08. The molecule has 0 spiro atoms. The van der Waals surface area contributed by atoms with Crippen molar-refractivity contribution >= 4 is 5.82 Å². The molecule has 1 aromatic rings. The Balaban J connectivity index is 2.25. The van der Waals surface area contributed by atoms with Crippen LogP contribution in [0.1, 0.15) is 51.3 Å². The predicted molar refractivity (Wildman–Crippen MR) is 80.6 cm³/mol. The molecule has 0 atom stereocenters. The minimum absolute atomic E-state index is 0.507. The summed E-state index contributed by atoms with van der Waals surface area (Å²) in [6, 6.07) is 1.25. The van der Waals surface area contributed by atoms with E-state index in [2.05, 4.69) is 54.7 Å². The van der Waals surface area contributed by atoms with E-state index >= 15 is 0 Å². The minimum Gasteiger partial charge on any atom is -0.354 e. The Morgan fingerprint density at radius 1 is 1.42 bits per heavy atom. The van der Waals surface area contributed by atoms with Crippen molar-refractivity contribution in [1.29, 1.82) is 0 Å². The summed E-state index contributed by atoms with van der Waals surface area (Å²) in [6.07, 6.45) is 3.86. The van der Waals surface area contributed by atoms with E-state index in [-0.39, 0.29) is 0 Å². The lowest BCUT2D eigenvalue weighted by atomic mass is 10.2. The van der Waals surface area contributed by atoms with E-state index in [9.17, 15) is 0 Å². The van der Waals surface area contributed by atoms with E-state index in [0.29, 0.717) is 6.04 Å². The molecule has 1 heterocycles. The molecule has 1 saturated carbocycles. The third-order valence-corrected chi connectivity index (χ3v) is 3.72.